The predicted octanol–water partition coefficient (Wildman–Crippen LogP) is 4.59. The van der Waals surface area contributed by atoms with E-state index in [2.05, 4.69) is 15.3 Å². The van der Waals surface area contributed by atoms with E-state index in [0.717, 1.165) is 10.6 Å². The molecule has 5 heterocycles. The summed E-state index contributed by atoms with van der Waals surface area (Å²) in [5, 5.41) is 16.5. The molecule has 2 aliphatic heterocycles. The van der Waals surface area contributed by atoms with Gasteiger partial charge in [-0.25, -0.2) is 5.01 Å². The Morgan fingerprint density at radius 3 is 2.94 bits per heavy atom. The second-order valence-corrected chi connectivity index (χ2v) is 9.10. The second kappa shape index (κ2) is 8.41. The molecule has 0 bridgehead atoms. The van der Waals surface area contributed by atoms with E-state index in [4.69, 9.17) is 18.3 Å². The van der Waals surface area contributed by atoms with Gasteiger partial charge in [0, 0.05) is 12.0 Å². The lowest BCUT2D eigenvalue weighted by molar-refractivity contribution is -0.130. The number of hydrogen-bond donors (Lipinski definition) is 0. The Morgan fingerprint density at radius 2 is 2.09 bits per heavy atom. The minimum atomic E-state index is -0.280. The first-order chi connectivity index (χ1) is 16.2. The van der Waals surface area contributed by atoms with Crippen LogP contribution >= 0.6 is 23.1 Å². The Balaban J connectivity index is 1.17. The van der Waals surface area contributed by atoms with Crippen LogP contribution in [0.25, 0.3) is 11.5 Å². The molecular weight excluding hydrogens is 464 g/mol. The number of thioether (sulfide) groups is 1. The van der Waals surface area contributed by atoms with Crippen LogP contribution in [0.3, 0.4) is 0 Å². The molecule has 3 aromatic heterocycles. The van der Waals surface area contributed by atoms with Crippen LogP contribution in [-0.2, 0) is 4.79 Å². The van der Waals surface area contributed by atoms with Crippen LogP contribution in [0.5, 0.6) is 11.5 Å². The third-order valence-corrected chi connectivity index (χ3v) is 6.91. The quantitative estimate of drug-likeness (QED) is 0.369. The molecule has 1 aromatic carbocycles. The van der Waals surface area contributed by atoms with Gasteiger partial charge in [0.05, 0.1) is 22.6 Å². The lowest BCUT2D eigenvalue weighted by Gasteiger charge is -2.19. The molecule has 9 nitrogen and oxygen atoms in total. The van der Waals surface area contributed by atoms with Gasteiger partial charge in [0.1, 0.15) is 11.8 Å². The highest BCUT2D eigenvalue weighted by atomic mass is 32.2. The largest absolute Gasteiger partial charge is 0.467 e. The monoisotopic (exact) mass is 480 g/mol. The lowest BCUT2D eigenvalue weighted by atomic mass is 10.1. The number of amides is 1. The van der Waals surface area contributed by atoms with E-state index in [-0.39, 0.29) is 24.5 Å². The molecule has 1 amide bonds. The van der Waals surface area contributed by atoms with Gasteiger partial charge in [0.15, 0.2) is 11.5 Å². The van der Waals surface area contributed by atoms with E-state index in [1.807, 2.05) is 35.7 Å². The van der Waals surface area contributed by atoms with E-state index in [9.17, 15) is 4.79 Å². The van der Waals surface area contributed by atoms with E-state index >= 15 is 0 Å². The van der Waals surface area contributed by atoms with E-state index in [1.54, 1.807) is 29.7 Å². The molecule has 6 rings (SSSR count). The zero-order chi connectivity index (χ0) is 22.2. The van der Waals surface area contributed by atoms with Crippen molar-refractivity contribution in [2.45, 2.75) is 17.7 Å². The number of thiophene rings is 1. The molecule has 0 fully saturated rings. The van der Waals surface area contributed by atoms with Crippen LogP contribution in [0.2, 0.25) is 0 Å². The second-order valence-electron chi connectivity index (χ2n) is 7.23. The van der Waals surface area contributed by atoms with Gasteiger partial charge in [-0.2, -0.15) is 5.10 Å². The summed E-state index contributed by atoms with van der Waals surface area (Å²) in [6.07, 6.45) is 2.20. The SMILES string of the molecule is O=C(CSc1nnc(-c2ccc3c(c2)OCO3)o1)N1N=C(c2cccs2)C[C@H]1c1ccco1. The Bertz CT molecular complexity index is 1320. The average Bonchev–Trinajstić information content (AvgIpc) is 3.67. The summed E-state index contributed by atoms with van der Waals surface area (Å²) in [6, 6.07) is 12.8. The van der Waals surface area contributed by atoms with Crippen LogP contribution in [-0.4, -0.2) is 39.4 Å². The van der Waals surface area contributed by atoms with Gasteiger partial charge < -0.3 is 18.3 Å². The number of hydrazone groups is 1. The first kappa shape index (κ1) is 20.1. The number of carbonyl (C=O) groups excluding carboxylic acids is 1. The number of aromatic nitrogens is 2. The van der Waals surface area contributed by atoms with E-state index < -0.39 is 0 Å². The van der Waals surface area contributed by atoms with Crippen molar-refractivity contribution in [3.05, 3.63) is 64.7 Å². The van der Waals surface area contributed by atoms with Crippen LogP contribution in [0.1, 0.15) is 23.1 Å². The van der Waals surface area contributed by atoms with Gasteiger partial charge in [-0.1, -0.05) is 17.8 Å². The number of rotatable bonds is 6. The van der Waals surface area contributed by atoms with Gasteiger partial charge in [0.25, 0.3) is 11.1 Å². The van der Waals surface area contributed by atoms with Gasteiger partial charge in [-0.3, -0.25) is 4.79 Å². The molecule has 4 aromatic rings. The average molecular weight is 481 g/mol. The standard InChI is InChI=1S/C22H16N4O5S2/c27-20(26-15(16-3-1-7-28-16)10-14(25-26)19-4-2-8-32-19)11-33-22-24-23-21(31-22)13-5-6-17-18(9-13)30-12-29-17/h1-9,15H,10-12H2/t15-/m0/s1. The smallest absolute Gasteiger partial charge is 0.277 e. The van der Waals surface area contributed by atoms with E-state index in [1.165, 1.54) is 16.8 Å². The van der Waals surface area contributed by atoms with Crippen LogP contribution in [0, 0.1) is 0 Å². The van der Waals surface area contributed by atoms with Gasteiger partial charge in [-0.15, -0.1) is 21.5 Å². The van der Waals surface area contributed by atoms with Crippen LogP contribution in [0.15, 0.2) is 73.3 Å². The van der Waals surface area contributed by atoms with Crippen LogP contribution in [0.4, 0.5) is 0 Å². The highest BCUT2D eigenvalue weighted by molar-refractivity contribution is 7.99. The minimum Gasteiger partial charge on any atom is -0.467 e. The summed E-state index contributed by atoms with van der Waals surface area (Å²) in [4.78, 5) is 14.1. The maximum Gasteiger partial charge on any atom is 0.277 e. The zero-order valence-electron chi connectivity index (χ0n) is 17.0. The summed E-state index contributed by atoms with van der Waals surface area (Å²) >= 11 is 2.77. The molecule has 1 atom stereocenters. The Labute approximate surface area is 196 Å². The molecule has 0 unspecified atom stereocenters. The van der Waals surface area contributed by atoms with Crippen LogP contribution < -0.4 is 9.47 Å². The number of ether oxygens (including phenoxy) is 2. The molecular formula is C22H16N4O5S2. The summed E-state index contributed by atoms with van der Waals surface area (Å²) in [7, 11) is 0. The highest BCUT2D eigenvalue weighted by Gasteiger charge is 2.35. The molecule has 0 radical (unpaired) electrons. The molecule has 33 heavy (non-hydrogen) atoms. The zero-order valence-corrected chi connectivity index (χ0v) is 18.7. The number of furan rings is 1. The van der Waals surface area contributed by atoms with Crippen molar-refractivity contribution < 1.29 is 23.1 Å². The van der Waals surface area contributed by atoms with Gasteiger partial charge in [0.2, 0.25) is 12.7 Å². The van der Waals surface area contributed by atoms with E-state index in [0.29, 0.717) is 40.4 Å². The van der Waals surface area contributed by atoms with Crippen molar-refractivity contribution in [1.82, 2.24) is 15.2 Å². The van der Waals surface area contributed by atoms with Gasteiger partial charge in [-0.05, 0) is 41.8 Å². The predicted molar refractivity (Wildman–Crippen MR) is 120 cm³/mol. The lowest BCUT2D eigenvalue weighted by Crippen LogP contribution is -2.28. The molecule has 0 N–H and O–H groups in total. The summed E-state index contributed by atoms with van der Waals surface area (Å²) in [5.41, 5.74) is 1.58. The fourth-order valence-electron chi connectivity index (χ4n) is 3.64. The normalized spacial score (nSPS) is 16.9. The fourth-order valence-corrected chi connectivity index (χ4v) is 4.98. The molecule has 0 aliphatic carbocycles. The molecule has 11 heteroatoms. The Kier molecular flexibility index (Phi) is 5.11. The Morgan fingerprint density at radius 1 is 1.15 bits per heavy atom. The number of hydrogen-bond acceptors (Lipinski definition) is 10. The number of benzene rings is 1. The maximum absolute atomic E-state index is 13.1. The first-order valence-corrected chi connectivity index (χ1v) is 11.9. The molecule has 0 saturated carbocycles. The van der Waals surface area contributed by atoms with Crippen molar-refractivity contribution >= 4 is 34.7 Å². The van der Waals surface area contributed by atoms with Crippen molar-refractivity contribution in [1.29, 1.82) is 0 Å². The molecule has 166 valence electrons. The van der Waals surface area contributed by atoms with Crippen molar-refractivity contribution in [2.24, 2.45) is 5.10 Å². The first-order valence-electron chi connectivity index (χ1n) is 10.1. The van der Waals surface area contributed by atoms with Crippen molar-refractivity contribution in [3.8, 4) is 23.0 Å². The summed E-state index contributed by atoms with van der Waals surface area (Å²) in [6.45, 7) is 0.192. The highest BCUT2D eigenvalue weighted by Crippen LogP contribution is 2.37. The topological polar surface area (TPSA) is 103 Å². The number of nitrogens with zero attached hydrogens (tertiary/aromatic N) is 4. The van der Waals surface area contributed by atoms with Crippen molar-refractivity contribution in [2.75, 3.05) is 12.5 Å². The van der Waals surface area contributed by atoms with Crippen molar-refractivity contribution in [3.63, 3.8) is 0 Å². The molecule has 2 aliphatic rings. The maximum atomic E-state index is 13.1. The third-order valence-electron chi connectivity index (χ3n) is 5.19. The molecule has 0 saturated heterocycles. The minimum absolute atomic E-state index is 0.0984. The third kappa shape index (κ3) is 3.89. The summed E-state index contributed by atoms with van der Waals surface area (Å²) < 4.78 is 22.0. The summed E-state index contributed by atoms with van der Waals surface area (Å²) in [5.74, 6) is 2.28. The Hall–Kier alpha value is -3.57. The number of fused-ring (bicyclic) bond motifs is 1. The fraction of sp³-hybridized carbons (Fsp3) is 0.182. The number of carbonyl (C=O) groups is 1. The molecule has 0 spiro atoms. The van der Waals surface area contributed by atoms with Gasteiger partial charge >= 0.3 is 0 Å².